The van der Waals surface area contributed by atoms with Crippen LogP contribution in [0.2, 0.25) is 0 Å². The van der Waals surface area contributed by atoms with Crippen LogP contribution in [0.4, 0.5) is 22.0 Å². The van der Waals surface area contributed by atoms with Crippen molar-refractivity contribution in [2.24, 2.45) is 4.99 Å². The summed E-state index contributed by atoms with van der Waals surface area (Å²) in [5.74, 6) is -1.63. The molecule has 1 aromatic carbocycles. The number of aliphatic imine (C=N–C) groups is 1. The van der Waals surface area contributed by atoms with Crippen molar-refractivity contribution in [3.05, 3.63) is 35.4 Å². The number of rotatable bonds is 6. The lowest BCUT2D eigenvalue weighted by atomic mass is 10.1. The second-order valence-electron chi connectivity index (χ2n) is 4.52. The van der Waals surface area contributed by atoms with Crippen LogP contribution in [0.25, 0.3) is 0 Å². The highest BCUT2D eigenvalue weighted by molar-refractivity contribution is 5.79. The molecule has 3 nitrogen and oxygen atoms in total. The van der Waals surface area contributed by atoms with Gasteiger partial charge in [0.2, 0.25) is 0 Å². The highest BCUT2D eigenvalue weighted by Crippen LogP contribution is 2.18. The minimum absolute atomic E-state index is 0.188. The molecule has 0 saturated carbocycles. The number of benzene rings is 1. The van der Waals surface area contributed by atoms with Crippen molar-refractivity contribution in [1.29, 1.82) is 0 Å². The standard InChI is InChI=1S/C14H18F5N3/c1-2-20-13(22-9-7-14(17,18)19)21-8-6-10-4-3-5-11(15)12(10)16/h3-5H,2,6-9H2,1H3,(H2,20,21,22). The molecule has 124 valence electrons. The van der Waals surface area contributed by atoms with Gasteiger partial charge in [0.1, 0.15) is 0 Å². The van der Waals surface area contributed by atoms with Crippen LogP contribution >= 0.6 is 0 Å². The molecule has 0 aliphatic heterocycles. The van der Waals surface area contributed by atoms with Crippen molar-refractivity contribution in [3.8, 4) is 0 Å². The van der Waals surface area contributed by atoms with E-state index >= 15 is 0 Å². The lowest BCUT2D eigenvalue weighted by Crippen LogP contribution is -2.38. The molecule has 1 rings (SSSR count). The van der Waals surface area contributed by atoms with Gasteiger partial charge in [0.05, 0.1) is 13.0 Å². The maximum absolute atomic E-state index is 13.4. The van der Waals surface area contributed by atoms with E-state index in [1.165, 1.54) is 12.1 Å². The zero-order valence-electron chi connectivity index (χ0n) is 12.1. The summed E-state index contributed by atoms with van der Waals surface area (Å²) in [4.78, 5) is 3.78. The summed E-state index contributed by atoms with van der Waals surface area (Å²) in [7, 11) is 0. The Morgan fingerprint density at radius 1 is 1.18 bits per heavy atom. The summed E-state index contributed by atoms with van der Waals surface area (Å²) in [5, 5.41) is 5.57. The summed E-state index contributed by atoms with van der Waals surface area (Å²) in [6, 6.07) is 3.87. The molecule has 0 aromatic heterocycles. The summed E-state index contributed by atoms with van der Waals surface area (Å²) < 4.78 is 62.6. The Balaban J connectivity index is 2.50. The summed E-state index contributed by atoms with van der Waals surface area (Å²) in [5.41, 5.74) is 0.193. The molecule has 1 aromatic rings. The van der Waals surface area contributed by atoms with E-state index in [0.29, 0.717) is 6.54 Å². The van der Waals surface area contributed by atoms with E-state index in [1.807, 2.05) is 0 Å². The zero-order valence-corrected chi connectivity index (χ0v) is 12.1. The first-order chi connectivity index (χ1) is 10.3. The van der Waals surface area contributed by atoms with Gasteiger partial charge in [-0.05, 0) is 25.0 Å². The van der Waals surface area contributed by atoms with Gasteiger partial charge in [-0.25, -0.2) is 8.78 Å². The molecule has 0 heterocycles. The minimum atomic E-state index is -4.26. The summed E-state index contributed by atoms with van der Waals surface area (Å²) >= 11 is 0. The second-order valence-corrected chi connectivity index (χ2v) is 4.52. The molecule has 0 aliphatic rings. The largest absolute Gasteiger partial charge is 0.390 e. The van der Waals surface area contributed by atoms with Crippen molar-refractivity contribution in [1.82, 2.24) is 10.6 Å². The van der Waals surface area contributed by atoms with Crippen molar-refractivity contribution >= 4 is 5.96 Å². The predicted octanol–water partition coefficient (Wildman–Crippen LogP) is 3.01. The Bertz CT molecular complexity index is 500. The molecule has 0 aliphatic carbocycles. The number of halogens is 5. The fourth-order valence-corrected chi connectivity index (χ4v) is 1.69. The van der Waals surface area contributed by atoms with E-state index in [0.717, 1.165) is 6.07 Å². The smallest absolute Gasteiger partial charge is 0.357 e. The predicted molar refractivity (Wildman–Crippen MR) is 74.7 cm³/mol. The third-order valence-corrected chi connectivity index (χ3v) is 2.73. The number of hydrogen-bond donors (Lipinski definition) is 2. The monoisotopic (exact) mass is 323 g/mol. The van der Waals surface area contributed by atoms with E-state index in [9.17, 15) is 22.0 Å². The quantitative estimate of drug-likeness (QED) is 0.480. The average molecular weight is 323 g/mol. The second kappa shape index (κ2) is 8.55. The summed E-state index contributed by atoms with van der Waals surface area (Å²) in [6.45, 7) is 2.07. The van der Waals surface area contributed by atoms with Gasteiger partial charge in [0.15, 0.2) is 17.6 Å². The third-order valence-electron chi connectivity index (χ3n) is 2.73. The van der Waals surface area contributed by atoms with E-state index < -0.39 is 30.8 Å². The molecule has 0 unspecified atom stereocenters. The average Bonchev–Trinajstić information content (AvgIpc) is 2.42. The molecular formula is C14H18F5N3. The third kappa shape index (κ3) is 6.73. The van der Waals surface area contributed by atoms with Gasteiger partial charge >= 0.3 is 6.18 Å². The number of nitrogens with one attached hydrogen (secondary N) is 2. The highest BCUT2D eigenvalue weighted by atomic mass is 19.4. The molecule has 8 heteroatoms. The van der Waals surface area contributed by atoms with Crippen LogP contribution in [0.1, 0.15) is 18.9 Å². The van der Waals surface area contributed by atoms with Crippen LogP contribution in [0.3, 0.4) is 0 Å². The van der Waals surface area contributed by atoms with Crippen molar-refractivity contribution in [2.75, 3.05) is 19.6 Å². The summed E-state index contributed by atoms with van der Waals surface area (Å²) in [6.07, 6.45) is -5.08. The first-order valence-electron chi connectivity index (χ1n) is 6.85. The van der Waals surface area contributed by atoms with Crippen molar-refractivity contribution in [2.45, 2.75) is 25.9 Å². The van der Waals surface area contributed by atoms with Crippen LogP contribution in [-0.2, 0) is 6.42 Å². The normalized spacial score (nSPS) is 12.4. The zero-order chi connectivity index (χ0) is 16.6. The maximum atomic E-state index is 13.4. The number of guanidine groups is 1. The first kappa shape index (κ1) is 18.2. The Morgan fingerprint density at radius 2 is 1.91 bits per heavy atom. The molecule has 0 saturated heterocycles. The van der Waals surface area contributed by atoms with E-state index in [2.05, 4.69) is 15.6 Å². The molecule has 0 radical (unpaired) electrons. The molecule has 0 bridgehead atoms. The molecular weight excluding hydrogens is 305 g/mol. The highest BCUT2D eigenvalue weighted by Gasteiger charge is 2.26. The topological polar surface area (TPSA) is 36.4 Å². The molecule has 0 amide bonds. The van der Waals surface area contributed by atoms with E-state index in [-0.39, 0.29) is 24.5 Å². The van der Waals surface area contributed by atoms with Crippen molar-refractivity contribution in [3.63, 3.8) is 0 Å². The van der Waals surface area contributed by atoms with Crippen molar-refractivity contribution < 1.29 is 22.0 Å². The van der Waals surface area contributed by atoms with E-state index in [1.54, 1.807) is 6.92 Å². The van der Waals surface area contributed by atoms with Gasteiger partial charge in [-0.3, -0.25) is 4.99 Å². The van der Waals surface area contributed by atoms with Crippen LogP contribution in [-0.4, -0.2) is 31.8 Å². The van der Waals surface area contributed by atoms with Gasteiger partial charge in [0, 0.05) is 13.1 Å². The van der Waals surface area contributed by atoms with Gasteiger partial charge in [-0.2, -0.15) is 13.2 Å². The first-order valence-corrected chi connectivity index (χ1v) is 6.85. The molecule has 0 spiro atoms. The van der Waals surface area contributed by atoms with Crippen LogP contribution < -0.4 is 10.6 Å². The van der Waals surface area contributed by atoms with Crippen LogP contribution in [0.15, 0.2) is 23.2 Å². The molecule has 22 heavy (non-hydrogen) atoms. The number of hydrogen-bond acceptors (Lipinski definition) is 1. The molecule has 0 atom stereocenters. The number of alkyl halides is 3. The van der Waals surface area contributed by atoms with Gasteiger partial charge < -0.3 is 10.6 Å². The molecule has 0 fully saturated rings. The van der Waals surface area contributed by atoms with Gasteiger partial charge in [0.25, 0.3) is 0 Å². The fraction of sp³-hybridized carbons (Fsp3) is 0.500. The lowest BCUT2D eigenvalue weighted by Gasteiger charge is -2.12. The Morgan fingerprint density at radius 3 is 2.55 bits per heavy atom. The lowest BCUT2D eigenvalue weighted by molar-refractivity contribution is -0.132. The maximum Gasteiger partial charge on any atom is 0.390 e. The fourth-order valence-electron chi connectivity index (χ4n) is 1.69. The van der Waals surface area contributed by atoms with E-state index in [4.69, 9.17) is 0 Å². The van der Waals surface area contributed by atoms with Gasteiger partial charge in [-0.1, -0.05) is 12.1 Å². The van der Waals surface area contributed by atoms with Gasteiger partial charge in [-0.15, -0.1) is 0 Å². The Kier molecular flexibility index (Phi) is 7.07. The SMILES string of the molecule is CCNC(=NCCC(F)(F)F)NCCc1cccc(F)c1F. The Labute approximate surface area is 125 Å². The minimum Gasteiger partial charge on any atom is -0.357 e. The molecule has 2 N–H and O–H groups in total. The Hall–Kier alpha value is -1.86. The van der Waals surface area contributed by atoms with Crippen LogP contribution in [0, 0.1) is 11.6 Å². The number of nitrogens with zero attached hydrogens (tertiary/aromatic N) is 1. The van der Waals surface area contributed by atoms with Crippen LogP contribution in [0.5, 0.6) is 0 Å².